The Morgan fingerprint density at radius 1 is 0.857 bits per heavy atom. The van der Waals surface area contributed by atoms with Gasteiger partial charge in [0, 0.05) is 5.02 Å². The van der Waals surface area contributed by atoms with Crippen LogP contribution in [0.25, 0.3) is 0 Å². The van der Waals surface area contributed by atoms with Gasteiger partial charge in [0.15, 0.2) is 5.75 Å². The maximum Gasteiger partial charge on any atom is 0.163 e. The summed E-state index contributed by atoms with van der Waals surface area (Å²) >= 11 is 6.17. The van der Waals surface area contributed by atoms with Gasteiger partial charge in [-0.25, -0.2) is 9.97 Å². The van der Waals surface area contributed by atoms with Crippen LogP contribution in [-0.2, 0) is 6.42 Å². The molecular weight excluding hydrogens is 284 g/mol. The molecule has 0 spiro atoms. The summed E-state index contributed by atoms with van der Waals surface area (Å²) in [5.41, 5.74) is 2.30. The van der Waals surface area contributed by atoms with Gasteiger partial charge in [-0.05, 0) is 35.7 Å². The summed E-state index contributed by atoms with van der Waals surface area (Å²) in [6.45, 7) is 0. The number of hydrogen-bond donors (Lipinski definition) is 0. The normalized spacial score (nSPS) is 10.3. The van der Waals surface area contributed by atoms with Gasteiger partial charge in [0.1, 0.15) is 12.1 Å². The molecule has 2 aromatic carbocycles. The lowest BCUT2D eigenvalue weighted by Gasteiger charge is -2.07. The van der Waals surface area contributed by atoms with Crippen LogP contribution in [0.3, 0.4) is 0 Å². The molecule has 21 heavy (non-hydrogen) atoms. The Morgan fingerprint density at radius 3 is 2.29 bits per heavy atom. The molecule has 0 N–H and O–H groups in total. The van der Waals surface area contributed by atoms with E-state index in [1.54, 1.807) is 12.4 Å². The number of rotatable bonds is 4. The highest BCUT2D eigenvalue weighted by molar-refractivity contribution is 6.31. The van der Waals surface area contributed by atoms with Gasteiger partial charge in [0.2, 0.25) is 0 Å². The quantitative estimate of drug-likeness (QED) is 0.710. The number of benzene rings is 2. The zero-order chi connectivity index (χ0) is 14.5. The number of hydrogen-bond acceptors (Lipinski definition) is 3. The fourth-order valence-corrected chi connectivity index (χ4v) is 2.21. The van der Waals surface area contributed by atoms with Crippen molar-refractivity contribution in [2.45, 2.75) is 6.42 Å². The smallest absolute Gasteiger partial charge is 0.163 e. The van der Waals surface area contributed by atoms with Crippen molar-refractivity contribution in [3.05, 3.63) is 83.4 Å². The average Bonchev–Trinajstić information content (AvgIpc) is 2.52. The standard InChI is InChI=1S/C17H13ClN2O/c18-17-4-2-1-3-14(17)9-13-5-7-15(8-6-13)21-16-10-19-12-20-11-16/h1-8,10-12H,9H2. The van der Waals surface area contributed by atoms with Crippen molar-refractivity contribution < 1.29 is 4.74 Å². The largest absolute Gasteiger partial charge is 0.454 e. The molecule has 0 aliphatic heterocycles. The van der Waals surface area contributed by atoms with E-state index >= 15 is 0 Å². The van der Waals surface area contributed by atoms with Crippen molar-refractivity contribution in [2.24, 2.45) is 0 Å². The van der Waals surface area contributed by atoms with E-state index in [9.17, 15) is 0 Å². The minimum Gasteiger partial charge on any atom is -0.454 e. The summed E-state index contributed by atoms with van der Waals surface area (Å²) in [6, 6.07) is 15.8. The second-order valence-electron chi connectivity index (χ2n) is 4.59. The second kappa shape index (κ2) is 6.37. The van der Waals surface area contributed by atoms with E-state index in [1.807, 2.05) is 48.5 Å². The van der Waals surface area contributed by atoms with Gasteiger partial charge in [-0.15, -0.1) is 0 Å². The van der Waals surface area contributed by atoms with E-state index < -0.39 is 0 Å². The molecule has 3 aromatic rings. The van der Waals surface area contributed by atoms with Crippen molar-refractivity contribution >= 4 is 11.6 Å². The Balaban J connectivity index is 1.71. The molecule has 0 unspecified atom stereocenters. The molecule has 3 rings (SSSR count). The Hall–Kier alpha value is -2.39. The third-order valence-corrected chi connectivity index (χ3v) is 3.42. The fraction of sp³-hybridized carbons (Fsp3) is 0.0588. The molecule has 4 heteroatoms. The highest BCUT2D eigenvalue weighted by atomic mass is 35.5. The molecule has 0 bridgehead atoms. The molecule has 0 amide bonds. The lowest BCUT2D eigenvalue weighted by Crippen LogP contribution is -1.90. The molecule has 0 aliphatic carbocycles. The first kappa shape index (κ1) is 13.6. The number of halogens is 1. The molecule has 0 atom stereocenters. The van der Waals surface area contributed by atoms with Gasteiger partial charge in [0.25, 0.3) is 0 Å². The molecule has 0 saturated carbocycles. The van der Waals surface area contributed by atoms with E-state index in [2.05, 4.69) is 9.97 Å². The van der Waals surface area contributed by atoms with Gasteiger partial charge >= 0.3 is 0 Å². The first-order chi connectivity index (χ1) is 10.3. The maximum absolute atomic E-state index is 6.17. The highest BCUT2D eigenvalue weighted by Crippen LogP contribution is 2.23. The van der Waals surface area contributed by atoms with E-state index in [0.29, 0.717) is 5.75 Å². The van der Waals surface area contributed by atoms with E-state index in [0.717, 1.165) is 22.8 Å². The molecular formula is C17H13ClN2O. The molecule has 0 saturated heterocycles. The molecule has 1 aromatic heterocycles. The lowest BCUT2D eigenvalue weighted by molar-refractivity contribution is 0.477. The third-order valence-electron chi connectivity index (χ3n) is 3.05. The van der Waals surface area contributed by atoms with Crippen LogP contribution in [0.15, 0.2) is 67.3 Å². The first-order valence-corrected chi connectivity index (χ1v) is 6.94. The predicted octanol–water partition coefficient (Wildman–Crippen LogP) is 4.51. The van der Waals surface area contributed by atoms with Gasteiger partial charge in [0.05, 0.1) is 12.4 Å². The molecule has 1 heterocycles. The van der Waals surface area contributed by atoms with Crippen molar-refractivity contribution in [2.75, 3.05) is 0 Å². The van der Waals surface area contributed by atoms with E-state index in [-0.39, 0.29) is 0 Å². The van der Waals surface area contributed by atoms with Crippen LogP contribution < -0.4 is 4.74 Å². The molecule has 104 valence electrons. The van der Waals surface area contributed by atoms with Crippen LogP contribution in [0.4, 0.5) is 0 Å². The van der Waals surface area contributed by atoms with Crippen LogP contribution in [0.2, 0.25) is 5.02 Å². The summed E-state index contributed by atoms with van der Waals surface area (Å²) in [5, 5.41) is 0.791. The maximum atomic E-state index is 6.17. The molecule has 3 nitrogen and oxygen atoms in total. The van der Waals surface area contributed by atoms with Crippen molar-refractivity contribution in [3.8, 4) is 11.5 Å². The van der Waals surface area contributed by atoms with Crippen LogP contribution in [0.1, 0.15) is 11.1 Å². The fourth-order valence-electron chi connectivity index (χ4n) is 2.01. The van der Waals surface area contributed by atoms with Crippen molar-refractivity contribution in [1.29, 1.82) is 0 Å². The SMILES string of the molecule is Clc1ccccc1Cc1ccc(Oc2cncnc2)cc1. The summed E-state index contributed by atoms with van der Waals surface area (Å²) in [6.07, 6.45) is 5.53. The Bertz CT molecular complexity index is 714. The van der Waals surface area contributed by atoms with E-state index in [1.165, 1.54) is 11.9 Å². The summed E-state index contributed by atoms with van der Waals surface area (Å²) < 4.78 is 5.66. The lowest BCUT2D eigenvalue weighted by atomic mass is 10.1. The summed E-state index contributed by atoms with van der Waals surface area (Å²) in [4.78, 5) is 7.83. The zero-order valence-corrected chi connectivity index (χ0v) is 12.0. The minimum absolute atomic E-state index is 0.622. The molecule has 0 fully saturated rings. The van der Waals surface area contributed by atoms with Crippen LogP contribution in [0, 0.1) is 0 Å². The van der Waals surface area contributed by atoms with Gasteiger partial charge < -0.3 is 4.74 Å². The Labute approximate surface area is 128 Å². The third kappa shape index (κ3) is 3.58. The van der Waals surface area contributed by atoms with Crippen LogP contribution in [-0.4, -0.2) is 9.97 Å². The van der Waals surface area contributed by atoms with E-state index in [4.69, 9.17) is 16.3 Å². The molecule has 0 radical (unpaired) electrons. The topological polar surface area (TPSA) is 35.0 Å². The van der Waals surface area contributed by atoms with Gasteiger partial charge in [-0.1, -0.05) is 41.9 Å². The van der Waals surface area contributed by atoms with Gasteiger partial charge in [-0.3, -0.25) is 0 Å². The van der Waals surface area contributed by atoms with Gasteiger partial charge in [-0.2, -0.15) is 0 Å². The molecule has 0 aliphatic rings. The Morgan fingerprint density at radius 2 is 1.57 bits per heavy atom. The monoisotopic (exact) mass is 296 g/mol. The predicted molar refractivity (Wildman–Crippen MR) is 82.8 cm³/mol. The van der Waals surface area contributed by atoms with Crippen molar-refractivity contribution in [1.82, 2.24) is 9.97 Å². The zero-order valence-electron chi connectivity index (χ0n) is 11.2. The number of aromatic nitrogens is 2. The minimum atomic E-state index is 0.622. The first-order valence-electron chi connectivity index (χ1n) is 6.56. The number of nitrogens with zero attached hydrogens (tertiary/aromatic N) is 2. The number of ether oxygens (including phenoxy) is 1. The summed E-state index contributed by atoms with van der Waals surface area (Å²) in [7, 11) is 0. The highest BCUT2D eigenvalue weighted by Gasteiger charge is 2.02. The van der Waals surface area contributed by atoms with Crippen LogP contribution in [0.5, 0.6) is 11.5 Å². The van der Waals surface area contributed by atoms with Crippen LogP contribution >= 0.6 is 11.6 Å². The average molecular weight is 297 g/mol. The van der Waals surface area contributed by atoms with Crippen molar-refractivity contribution in [3.63, 3.8) is 0 Å². The second-order valence-corrected chi connectivity index (χ2v) is 5.00. The summed E-state index contributed by atoms with van der Waals surface area (Å²) in [5.74, 6) is 1.38. The Kier molecular flexibility index (Phi) is 4.12.